The second-order valence-electron chi connectivity index (χ2n) is 6.25. The molecule has 1 N–H and O–H groups in total. The quantitative estimate of drug-likeness (QED) is 0.748. The number of hydrogen-bond donors (Lipinski definition) is 1. The number of fused-ring (bicyclic) bond motifs is 1. The lowest BCUT2D eigenvalue weighted by molar-refractivity contribution is 0.412. The van der Waals surface area contributed by atoms with Crippen LogP contribution < -0.4 is 0 Å². The van der Waals surface area contributed by atoms with Crippen LogP contribution in [0.25, 0.3) is 10.9 Å². The van der Waals surface area contributed by atoms with Crippen molar-refractivity contribution < 1.29 is 8.42 Å². The second-order valence-corrected chi connectivity index (χ2v) is 8.24. The lowest BCUT2D eigenvalue weighted by Crippen LogP contribution is -2.16. The number of likely N-dealkylation sites (N-methyl/N-ethyl adjacent to an activating group) is 1. The first-order valence-electron chi connectivity index (χ1n) is 7.98. The number of rotatable bonds is 6. The van der Waals surface area contributed by atoms with Gasteiger partial charge in [-0.05, 0) is 37.9 Å². The highest BCUT2D eigenvalue weighted by Crippen LogP contribution is 2.27. The smallest absolute Gasteiger partial charge is 0.182 e. The molecule has 0 radical (unpaired) electrons. The van der Waals surface area contributed by atoms with Gasteiger partial charge in [0.15, 0.2) is 9.84 Å². The summed E-state index contributed by atoms with van der Waals surface area (Å²) in [6.07, 6.45) is 0.793. The molecule has 0 unspecified atom stereocenters. The zero-order valence-corrected chi connectivity index (χ0v) is 14.8. The fourth-order valence-corrected chi connectivity index (χ4v) is 4.32. The highest BCUT2D eigenvalue weighted by Gasteiger charge is 2.20. The van der Waals surface area contributed by atoms with E-state index < -0.39 is 9.84 Å². The molecule has 0 bridgehead atoms. The summed E-state index contributed by atoms with van der Waals surface area (Å²) >= 11 is 0. The Balaban J connectivity index is 2.02. The zero-order chi connectivity index (χ0) is 17.2. The molecule has 0 amide bonds. The Labute approximate surface area is 143 Å². The van der Waals surface area contributed by atoms with Crippen molar-refractivity contribution in [1.82, 2.24) is 9.88 Å². The van der Waals surface area contributed by atoms with Gasteiger partial charge in [-0.3, -0.25) is 0 Å². The fraction of sp³-hybridized carbons (Fsp3) is 0.263. The summed E-state index contributed by atoms with van der Waals surface area (Å²) in [7, 11) is 0.664. The van der Waals surface area contributed by atoms with Crippen molar-refractivity contribution >= 4 is 20.7 Å². The van der Waals surface area contributed by atoms with Gasteiger partial charge in [-0.1, -0.05) is 36.4 Å². The predicted molar refractivity (Wildman–Crippen MR) is 97.9 cm³/mol. The van der Waals surface area contributed by atoms with Gasteiger partial charge in [0, 0.05) is 29.6 Å². The Morgan fingerprint density at radius 3 is 2.33 bits per heavy atom. The van der Waals surface area contributed by atoms with Crippen molar-refractivity contribution in [2.24, 2.45) is 0 Å². The Morgan fingerprint density at radius 2 is 1.62 bits per heavy atom. The van der Waals surface area contributed by atoms with Gasteiger partial charge in [0.1, 0.15) is 0 Å². The third-order valence-corrected chi connectivity index (χ3v) is 5.81. The highest BCUT2D eigenvalue weighted by atomic mass is 32.2. The third kappa shape index (κ3) is 3.52. The number of nitrogens with one attached hydrogen (secondary N) is 1. The van der Waals surface area contributed by atoms with Gasteiger partial charge in [0.05, 0.1) is 10.6 Å². The highest BCUT2D eigenvalue weighted by molar-refractivity contribution is 7.90. The normalized spacial score (nSPS) is 12.1. The molecule has 0 aliphatic carbocycles. The van der Waals surface area contributed by atoms with Crippen LogP contribution in [0.2, 0.25) is 0 Å². The monoisotopic (exact) mass is 342 g/mol. The molecule has 0 saturated carbocycles. The van der Waals surface area contributed by atoms with Crippen LogP contribution >= 0.6 is 0 Å². The maximum Gasteiger partial charge on any atom is 0.182 e. The van der Waals surface area contributed by atoms with Gasteiger partial charge in [-0.15, -0.1) is 0 Å². The molecule has 0 aliphatic rings. The summed E-state index contributed by atoms with van der Waals surface area (Å²) in [6, 6.07) is 16.5. The number of para-hydroxylation sites is 1. The van der Waals surface area contributed by atoms with Gasteiger partial charge < -0.3 is 9.88 Å². The van der Waals surface area contributed by atoms with Crippen LogP contribution in [0.4, 0.5) is 0 Å². The van der Waals surface area contributed by atoms with Crippen LogP contribution in [0.5, 0.6) is 0 Å². The predicted octanol–water partition coefficient (Wildman–Crippen LogP) is 3.25. The number of H-pyrrole nitrogens is 1. The first-order valence-corrected chi connectivity index (χ1v) is 9.63. The topological polar surface area (TPSA) is 53.2 Å². The Hall–Kier alpha value is -2.11. The molecule has 0 saturated heterocycles. The van der Waals surface area contributed by atoms with Crippen LogP contribution in [0.15, 0.2) is 59.5 Å². The van der Waals surface area contributed by atoms with E-state index in [-0.39, 0.29) is 5.75 Å². The first-order chi connectivity index (χ1) is 11.5. The third-order valence-electron chi connectivity index (χ3n) is 4.15. The number of hydrogen-bond acceptors (Lipinski definition) is 3. The average Bonchev–Trinajstić information content (AvgIpc) is 2.91. The molecular weight excluding hydrogens is 320 g/mol. The molecule has 3 aromatic rings. The minimum atomic E-state index is -3.37. The van der Waals surface area contributed by atoms with E-state index in [0.29, 0.717) is 4.90 Å². The van der Waals surface area contributed by atoms with E-state index in [9.17, 15) is 8.42 Å². The molecule has 24 heavy (non-hydrogen) atoms. The lowest BCUT2D eigenvalue weighted by Gasteiger charge is -2.10. The molecule has 0 atom stereocenters. The van der Waals surface area contributed by atoms with Crippen molar-refractivity contribution in [3.05, 3.63) is 65.9 Å². The minimum absolute atomic E-state index is 0.0176. The molecule has 5 heteroatoms. The van der Waals surface area contributed by atoms with Crippen molar-refractivity contribution in [3.8, 4) is 0 Å². The van der Waals surface area contributed by atoms with Crippen LogP contribution in [0, 0.1) is 0 Å². The van der Waals surface area contributed by atoms with Crippen molar-refractivity contribution in [1.29, 1.82) is 0 Å². The van der Waals surface area contributed by atoms with E-state index in [1.807, 2.05) is 44.4 Å². The Morgan fingerprint density at radius 1 is 0.958 bits per heavy atom. The van der Waals surface area contributed by atoms with Gasteiger partial charge in [0.25, 0.3) is 0 Å². The summed E-state index contributed by atoms with van der Waals surface area (Å²) in [5.41, 5.74) is 2.88. The van der Waals surface area contributed by atoms with Gasteiger partial charge in [-0.25, -0.2) is 8.42 Å². The maximum absolute atomic E-state index is 12.8. The molecule has 126 valence electrons. The molecule has 0 aliphatic heterocycles. The molecule has 0 spiro atoms. The van der Waals surface area contributed by atoms with E-state index in [4.69, 9.17) is 0 Å². The summed E-state index contributed by atoms with van der Waals surface area (Å²) in [5, 5.41) is 0.991. The van der Waals surface area contributed by atoms with E-state index >= 15 is 0 Å². The summed E-state index contributed by atoms with van der Waals surface area (Å²) in [4.78, 5) is 5.87. The first kappa shape index (κ1) is 16.7. The molecule has 1 heterocycles. The van der Waals surface area contributed by atoms with Gasteiger partial charge in [-0.2, -0.15) is 0 Å². The standard InChI is InChI=1S/C19H22N2O2S/c1-21(2)13-12-19-17(16-10-6-7-11-18(16)20-19)14-24(22,23)15-8-4-3-5-9-15/h3-11,20H,12-14H2,1-2H3. The van der Waals surface area contributed by atoms with Crippen molar-refractivity contribution in [2.45, 2.75) is 17.1 Å². The zero-order valence-electron chi connectivity index (χ0n) is 14.0. The largest absolute Gasteiger partial charge is 0.358 e. The second kappa shape index (κ2) is 6.79. The summed E-state index contributed by atoms with van der Waals surface area (Å²) < 4.78 is 25.6. The summed E-state index contributed by atoms with van der Waals surface area (Å²) in [6.45, 7) is 0.866. The lowest BCUT2D eigenvalue weighted by atomic mass is 10.1. The van der Waals surface area contributed by atoms with E-state index in [0.717, 1.165) is 35.1 Å². The number of aromatic amines is 1. The summed E-state index contributed by atoms with van der Waals surface area (Å²) in [5.74, 6) is 0.0176. The van der Waals surface area contributed by atoms with E-state index in [1.165, 1.54) is 0 Å². The number of nitrogens with zero attached hydrogens (tertiary/aromatic N) is 1. The van der Waals surface area contributed by atoms with Crippen LogP contribution in [0.3, 0.4) is 0 Å². The maximum atomic E-state index is 12.8. The van der Waals surface area contributed by atoms with Crippen molar-refractivity contribution in [3.63, 3.8) is 0 Å². The van der Waals surface area contributed by atoms with Gasteiger partial charge in [0.2, 0.25) is 0 Å². The number of benzene rings is 2. The molecule has 2 aromatic carbocycles. The molecular formula is C19H22N2O2S. The molecule has 3 rings (SSSR count). The number of aromatic nitrogens is 1. The fourth-order valence-electron chi connectivity index (χ4n) is 2.87. The van der Waals surface area contributed by atoms with Crippen LogP contribution in [-0.4, -0.2) is 38.9 Å². The van der Waals surface area contributed by atoms with Crippen molar-refractivity contribution in [2.75, 3.05) is 20.6 Å². The SMILES string of the molecule is CN(C)CCc1[nH]c2ccccc2c1CS(=O)(=O)c1ccccc1. The molecule has 1 aromatic heterocycles. The van der Waals surface area contributed by atoms with Crippen LogP contribution in [-0.2, 0) is 22.0 Å². The van der Waals surface area contributed by atoms with E-state index in [1.54, 1.807) is 24.3 Å². The van der Waals surface area contributed by atoms with Crippen LogP contribution in [0.1, 0.15) is 11.3 Å². The van der Waals surface area contributed by atoms with E-state index in [2.05, 4.69) is 9.88 Å². The minimum Gasteiger partial charge on any atom is -0.358 e. The molecule has 4 nitrogen and oxygen atoms in total. The number of sulfone groups is 1. The van der Waals surface area contributed by atoms with Gasteiger partial charge >= 0.3 is 0 Å². The molecule has 0 fully saturated rings. The Bertz CT molecular complexity index is 928. The Kier molecular flexibility index (Phi) is 4.73. The average molecular weight is 342 g/mol.